The largest absolute Gasteiger partial charge is 0.347 e. The number of aromatic nitrogens is 4. The fourth-order valence-electron chi connectivity index (χ4n) is 1.60. The van der Waals surface area contributed by atoms with Gasteiger partial charge in [-0.05, 0) is 0 Å². The predicted octanol–water partition coefficient (Wildman–Crippen LogP) is 0.109. The van der Waals surface area contributed by atoms with Crippen LogP contribution in [0.2, 0.25) is 0 Å². The van der Waals surface area contributed by atoms with Crippen molar-refractivity contribution in [2.75, 3.05) is 0 Å². The highest BCUT2D eigenvalue weighted by Crippen LogP contribution is 2.12. The summed E-state index contributed by atoms with van der Waals surface area (Å²) < 4.78 is 26.9. The molecule has 2 aromatic heterocycles. The fourth-order valence-corrected chi connectivity index (χ4v) is 2.72. The molecule has 20 heavy (non-hydrogen) atoms. The Balaban J connectivity index is 2.07. The van der Waals surface area contributed by atoms with E-state index in [4.69, 9.17) is 0 Å². The minimum atomic E-state index is -3.64. The number of rotatable bonds is 7. The van der Waals surface area contributed by atoms with Crippen LogP contribution in [0, 0.1) is 0 Å². The van der Waals surface area contributed by atoms with Gasteiger partial charge in [-0.2, -0.15) is 5.10 Å². The van der Waals surface area contributed by atoms with Gasteiger partial charge in [-0.1, -0.05) is 13.8 Å². The lowest BCUT2D eigenvalue weighted by Crippen LogP contribution is -2.27. The van der Waals surface area contributed by atoms with Crippen molar-refractivity contribution in [1.29, 1.82) is 0 Å². The Kier molecular flexibility index (Phi) is 4.53. The maximum atomic E-state index is 12.2. The van der Waals surface area contributed by atoms with Crippen LogP contribution in [0.25, 0.3) is 0 Å². The number of hydrogen-bond acceptors (Lipinski definition) is 5. The Labute approximate surface area is 117 Å². The molecule has 0 amide bonds. The van der Waals surface area contributed by atoms with Gasteiger partial charge in [0.2, 0.25) is 0 Å². The lowest BCUT2D eigenvalue weighted by Gasteiger charge is -2.09. The standard InChI is InChI=1S/C11H18N6O2S/c1-8(2)14-5-9-6-15-17-11(9)20(18,19)16-7-10-12-3-4-13-10/h3-4,6,8,14,16H,5,7H2,1-2H3,(H,12,13)(H,15,17). The van der Waals surface area contributed by atoms with Crippen molar-refractivity contribution in [2.45, 2.75) is 38.0 Å². The van der Waals surface area contributed by atoms with E-state index in [2.05, 4.69) is 30.2 Å². The molecule has 110 valence electrons. The fraction of sp³-hybridized carbons (Fsp3) is 0.455. The number of hydrogen-bond donors (Lipinski definition) is 4. The molecule has 0 radical (unpaired) electrons. The van der Waals surface area contributed by atoms with Crippen molar-refractivity contribution >= 4 is 10.0 Å². The molecular formula is C11H18N6O2S. The summed E-state index contributed by atoms with van der Waals surface area (Å²) in [6.07, 6.45) is 4.71. The van der Waals surface area contributed by atoms with Gasteiger partial charge in [0, 0.05) is 30.5 Å². The maximum absolute atomic E-state index is 12.2. The third-order valence-corrected chi connectivity index (χ3v) is 4.05. The highest BCUT2D eigenvalue weighted by molar-refractivity contribution is 7.89. The van der Waals surface area contributed by atoms with Crippen molar-refractivity contribution in [3.05, 3.63) is 30.0 Å². The molecule has 9 heteroatoms. The van der Waals surface area contributed by atoms with Gasteiger partial charge in [-0.15, -0.1) is 0 Å². The average Bonchev–Trinajstić information content (AvgIpc) is 3.05. The third kappa shape index (κ3) is 3.65. The van der Waals surface area contributed by atoms with Gasteiger partial charge in [-0.3, -0.25) is 5.10 Å². The van der Waals surface area contributed by atoms with Crippen LogP contribution in [0.5, 0.6) is 0 Å². The highest BCUT2D eigenvalue weighted by Gasteiger charge is 2.20. The van der Waals surface area contributed by atoms with Crippen LogP contribution >= 0.6 is 0 Å². The van der Waals surface area contributed by atoms with Gasteiger partial charge < -0.3 is 10.3 Å². The van der Waals surface area contributed by atoms with Crippen LogP contribution in [0.3, 0.4) is 0 Å². The van der Waals surface area contributed by atoms with Crippen LogP contribution in [0.15, 0.2) is 23.6 Å². The Hall–Kier alpha value is -1.71. The Morgan fingerprint density at radius 3 is 2.80 bits per heavy atom. The topological polar surface area (TPSA) is 116 Å². The molecule has 0 aliphatic heterocycles. The van der Waals surface area contributed by atoms with E-state index < -0.39 is 10.0 Å². The van der Waals surface area contributed by atoms with Gasteiger partial charge in [0.1, 0.15) is 5.82 Å². The third-order valence-electron chi connectivity index (χ3n) is 2.63. The molecular weight excluding hydrogens is 280 g/mol. The summed E-state index contributed by atoms with van der Waals surface area (Å²) in [5, 5.41) is 9.57. The molecule has 0 atom stereocenters. The summed E-state index contributed by atoms with van der Waals surface area (Å²) in [4.78, 5) is 6.80. The van der Waals surface area contributed by atoms with Gasteiger partial charge in [0.15, 0.2) is 5.03 Å². The van der Waals surface area contributed by atoms with Crippen LogP contribution < -0.4 is 10.0 Å². The van der Waals surface area contributed by atoms with Crippen LogP contribution in [-0.4, -0.2) is 34.6 Å². The van der Waals surface area contributed by atoms with E-state index in [1.807, 2.05) is 13.8 Å². The molecule has 0 aliphatic rings. The lowest BCUT2D eigenvalue weighted by atomic mass is 10.3. The summed E-state index contributed by atoms with van der Waals surface area (Å²) >= 11 is 0. The van der Waals surface area contributed by atoms with Crippen molar-refractivity contribution < 1.29 is 8.42 Å². The zero-order chi connectivity index (χ0) is 14.6. The first-order valence-electron chi connectivity index (χ1n) is 6.22. The Morgan fingerprint density at radius 2 is 2.15 bits per heavy atom. The van der Waals surface area contributed by atoms with Crippen molar-refractivity contribution in [2.24, 2.45) is 0 Å². The molecule has 0 saturated carbocycles. The molecule has 0 fully saturated rings. The molecule has 0 aliphatic carbocycles. The lowest BCUT2D eigenvalue weighted by molar-refractivity contribution is 0.563. The number of H-pyrrole nitrogens is 2. The van der Waals surface area contributed by atoms with Gasteiger partial charge in [-0.25, -0.2) is 18.1 Å². The first-order valence-corrected chi connectivity index (χ1v) is 7.71. The number of imidazole rings is 1. The zero-order valence-corrected chi connectivity index (χ0v) is 12.2. The summed E-state index contributed by atoms with van der Waals surface area (Å²) in [7, 11) is -3.64. The molecule has 2 rings (SSSR count). The second-order valence-corrected chi connectivity index (χ2v) is 6.32. The minimum absolute atomic E-state index is 0.0807. The maximum Gasteiger partial charge on any atom is 0.258 e. The summed E-state index contributed by atoms with van der Waals surface area (Å²) in [5.74, 6) is 0.551. The molecule has 0 spiro atoms. The first kappa shape index (κ1) is 14.7. The number of aromatic amines is 2. The first-order chi connectivity index (χ1) is 9.49. The number of sulfonamides is 1. The molecule has 0 aromatic carbocycles. The zero-order valence-electron chi connectivity index (χ0n) is 11.3. The summed E-state index contributed by atoms with van der Waals surface area (Å²) in [6.45, 7) is 4.52. The Morgan fingerprint density at radius 1 is 1.35 bits per heavy atom. The predicted molar refractivity (Wildman–Crippen MR) is 73.2 cm³/mol. The summed E-state index contributed by atoms with van der Waals surface area (Å²) in [5.41, 5.74) is 0.602. The smallest absolute Gasteiger partial charge is 0.258 e. The molecule has 2 aromatic rings. The Bertz CT molecular complexity index is 632. The van der Waals surface area contributed by atoms with Crippen LogP contribution in [0.1, 0.15) is 25.2 Å². The van der Waals surface area contributed by atoms with E-state index in [0.717, 1.165) is 0 Å². The monoisotopic (exact) mass is 298 g/mol. The van der Waals surface area contributed by atoms with Crippen molar-refractivity contribution in [3.63, 3.8) is 0 Å². The van der Waals surface area contributed by atoms with Crippen molar-refractivity contribution in [3.8, 4) is 0 Å². The molecule has 4 N–H and O–H groups in total. The molecule has 0 unspecified atom stereocenters. The van der Waals surface area contributed by atoms with E-state index in [1.165, 1.54) is 6.20 Å². The molecule has 0 saturated heterocycles. The van der Waals surface area contributed by atoms with Crippen molar-refractivity contribution in [1.82, 2.24) is 30.2 Å². The molecule has 8 nitrogen and oxygen atoms in total. The van der Waals surface area contributed by atoms with Gasteiger partial charge in [0.05, 0.1) is 12.7 Å². The second kappa shape index (κ2) is 6.16. The quantitative estimate of drug-likeness (QED) is 0.579. The van der Waals surface area contributed by atoms with Crippen LogP contribution in [0.4, 0.5) is 0 Å². The van der Waals surface area contributed by atoms with Crippen LogP contribution in [-0.2, 0) is 23.1 Å². The minimum Gasteiger partial charge on any atom is -0.347 e. The summed E-state index contributed by atoms with van der Waals surface area (Å²) in [6, 6.07) is 0.261. The molecule has 0 bridgehead atoms. The number of nitrogens with zero attached hydrogens (tertiary/aromatic N) is 2. The van der Waals surface area contributed by atoms with E-state index in [1.54, 1.807) is 12.4 Å². The van der Waals surface area contributed by atoms with E-state index in [-0.39, 0.29) is 17.6 Å². The van der Waals surface area contributed by atoms with Gasteiger partial charge in [0.25, 0.3) is 10.0 Å². The second-order valence-electron chi connectivity index (χ2n) is 4.62. The molecule has 2 heterocycles. The van der Waals surface area contributed by atoms with E-state index >= 15 is 0 Å². The average molecular weight is 298 g/mol. The van der Waals surface area contributed by atoms with Gasteiger partial charge >= 0.3 is 0 Å². The van der Waals surface area contributed by atoms with E-state index in [0.29, 0.717) is 17.9 Å². The highest BCUT2D eigenvalue weighted by atomic mass is 32.2. The number of nitrogens with one attached hydrogen (secondary N) is 4. The SMILES string of the molecule is CC(C)NCc1cn[nH]c1S(=O)(=O)NCc1ncc[nH]1. The normalized spacial score (nSPS) is 12.2. The van der Waals surface area contributed by atoms with E-state index in [9.17, 15) is 8.42 Å².